The van der Waals surface area contributed by atoms with Crippen molar-refractivity contribution in [2.75, 3.05) is 19.8 Å². The van der Waals surface area contributed by atoms with Gasteiger partial charge in [-0.2, -0.15) is 5.26 Å². The molecule has 0 aliphatic heterocycles. The first-order valence-corrected chi connectivity index (χ1v) is 13.7. The molecule has 3 aromatic carbocycles. The third-order valence-corrected chi connectivity index (χ3v) is 6.67. The number of rotatable bonds is 18. The fourth-order valence-electron chi connectivity index (χ4n) is 4.73. The van der Waals surface area contributed by atoms with Crippen LogP contribution < -0.4 is 0 Å². The molecule has 0 amide bonds. The third kappa shape index (κ3) is 9.13. The first kappa shape index (κ1) is 28.6. The Hall–Kier alpha value is -2.97. The predicted molar refractivity (Wildman–Crippen MR) is 149 cm³/mol. The summed E-state index contributed by atoms with van der Waals surface area (Å²) < 4.78 is 12.4. The van der Waals surface area contributed by atoms with Crippen LogP contribution in [0.15, 0.2) is 91.0 Å². The molecule has 0 heterocycles. The molecule has 4 nitrogen and oxygen atoms in total. The van der Waals surface area contributed by atoms with Crippen LogP contribution in [-0.2, 0) is 15.1 Å². The maximum atomic E-state index is 10.7. The van der Waals surface area contributed by atoms with E-state index >= 15 is 0 Å². The van der Waals surface area contributed by atoms with Gasteiger partial charge in [0, 0.05) is 13.0 Å². The number of aliphatic hydroxyl groups is 1. The van der Waals surface area contributed by atoms with Crippen LogP contribution in [0.4, 0.5) is 0 Å². The fourth-order valence-corrected chi connectivity index (χ4v) is 4.73. The number of hydrogen-bond acceptors (Lipinski definition) is 4. The number of ether oxygens (including phenoxy) is 2. The summed E-state index contributed by atoms with van der Waals surface area (Å²) in [5.74, 6) is 0. The van der Waals surface area contributed by atoms with E-state index in [1.165, 1.54) is 25.7 Å². The number of benzene rings is 3. The SMILES string of the molecule is N#CCCCCCCCCCCOCC(O)COC(c1ccccc1)(c1ccccc1)c1ccccc1. The van der Waals surface area contributed by atoms with Crippen LogP contribution >= 0.6 is 0 Å². The summed E-state index contributed by atoms with van der Waals surface area (Å²) in [6.07, 6.45) is 9.22. The van der Waals surface area contributed by atoms with E-state index in [1.807, 2.05) is 54.6 Å². The molecule has 0 saturated heterocycles. The van der Waals surface area contributed by atoms with Gasteiger partial charge in [-0.3, -0.25) is 0 Å². The minimum atomic E-state index is -0.834. The second-order valence-electron chi connectivity index (χ2n) is 9.56. The molecule has 196 valence electrons. The molecule has 0 fully saturated rings. The first-order chi connectivity index (χ1) is 18.3. The maximum absolute atomic E-state index is 10.7. The van der Waals surface area contributed by atoms with E-state index < -0.39 is 11.7 Å². The van der Waals surface area contributed by atoms with Gasteiger partial charge in [-0.05, 0) is 29.5 Å². The highest BCUT2D eigenvalue weighted by atomic mass is 16.5. The van der Waals surface area contributed by atoms with Crippen molar-refractivity contribution in [2.45, 2.75) is 69.5 Å². The highest BCUT2D eigenvalue weighted by molar-refractivity contribution is 5.47. The zero-order valence-electron chi connectivity index (χ0n) is 21.9. The highest BCUT2D eigenvalue weighted by Gasteiger charge is 2.38. The van der Waals surface area contributed by atoms with Gasteiger partial charge in [0.15, 0.2) is 0 Å². The van der Waals surface area contributed by atoms with Crippen LogP contribution in [0.3, 0.4) is 0 Å². The molecule has 1 atom stereocenters. The van der Waals surface area contributed by atoms with Crippen molar-refractivity contribution in [3.8, 4) is 6.07 Å². The zero-order valence-corrected chi connectivity index (χ0v) is 21.9. The molecule has 0 saturated carbocycles. The number of hydrogen-bond donors (Lipinski definition) is 1. The van der Waals surface area contributed by atoms with E-state index in [0.29, 0.717) is 13.0 Å². The fraction of sp³-hybridized carbons (Fsp3) is 0.424. The summed E-state index contributed by atoms with van der Waals surface area (Å²) in [6.45, 7) is 1.07. The average molecular weight is 500 g/mol. The third-order valence-electron chi connectivity index (χ3n) is 6.67. The van der Waals surface area contributed by atoms with Crippen molar-refractivity contribution in [3.05, 3.63) is 108 Å². The molecule has 1 unspecified atom stereocenters. The second kappa shape index (κ2) is 16.7. The van der Waals surface area contributed by atoms with E-state index in [0.717, 1.165) is 42.4 Å². The van der Waals surface area contributed by atoms with E-state index in [1.54, 1.807) is 0 Å². The molecule has 3 aromatic rings. The lowest BCUT2D eigenvalue weighted by molar-refractivity contribution is -0.0641. The maximum Gasteiger partial charge on any atom is 0.143 e. The van der Waals surface area contributed by atoms with E-state index in [-0.39, 0.29) is 13.2 Å². The Morgan fingerprint density at radius 1 is 0.622 bits per heavy atom. The molecular weight excluding hydrogens is 458 g/mol. The van der Waals surface area contributed by atoms with Crippen LogP contribution in [0.5, 0.6) is 0 Å². The van der Waals surface area contributed by atoms with Gasteiger partial charge in [0.05, 0.1) is 19.3 Å². The van der Waals surface area contributed by atoms with Gasteiger partial charge in [-0.25, -0.2) is 0 Å². The summed E-state index contributed by atoms with van der Waals surface area (Å²) in [4.78, 5) is 0. The van der Waals surface area contributed by atoms with E-state index in [9.17, 15) is 5.11 Å². The molecule has 0 aliphatic carbocycles. The standard InChI is InChI=1S/C33H41NO3/c34-25-17-6-4-2-1-3-5-7-18-26-36-27-32(35)28-37-33(29-19-11-8-12-20-29,30-21-13-9-14-22-30)31-23-15-10-16-24-31/h8-16,19-24,32,35H,1-7,17-18,26-28H2. The molecule has 0 aromatic heterocycles. The molecule has 4 heteroatoms. The van der Waals surface area contributed by atoms with Crippen molar-refractivity contribution < 1.29 is 14.6 Å². The summed E-state index contributed by atoms with van der Waals surface area (Å²) in [6, 6.07) is 32.8. The van der Waals surface area contributed by atoms with Gasteiger partial charge in [0.1, 0.15) is 11.7 Å². The topological polar surface area (TPSA) is 62.5 Å². The summed E-state index contributed by atoms with van der Waals surface area (Å²) in [5.41, 5.74) is 2.22. The monoisotopic (exact) mass is 499 g/mol. The Balaban J connectivity index is 1.50. The Kier molecular flexibility index (Phi) is 12.9. The van der Waals surface area contributed by atoms with Crippen LogP contribution in [0.2, 0.25) is 0 Å². The lowest BCUT2D eigenvalue weighted by Crippen LogP contribution is -2.36. The average Bonchev–Trinajstić information content (AvgIpc) is 2.96. The van der Waals surface area contributed by atoms with Gasteiger partial charge in [0.2, 0.25) is 0 Å². The van der Waals surface area contributed by atoms with E-state index in [4.69, 9.17) is 14.7 Å². The molecule has 0 radical (unpaired) electrons. The molecule has 0 spiro atoms. The minimum absolute atomic E-state index is 0.157. The normalized spacial score (nSPS) is 12.2. The Morgan fingerprint density at radius 2 is 1.05 bits per heavy atom. The van der Waals surface area contributed by atoms with Gasteiger partial charge >= 0.3 is 0 Å². The van der Waals surface area contributed by atoms with Crippen LogP contribution in [0.25, 0.3) is 0 Å². The van der Waals surface area contributed by atoms with E-state index in [2.05, 4.69) is 42.5 Å². The van der Waals surface area contributed by atoms with Crippen molar-refractivity contribution in [3.63, 3.8) is 0 Å². The Morgan fingerprint density at radius 3 is 1.51 bits per heavy atom. The van der Waals surface area contributed by atoms with Crippen molar-refractivity contribution in [1.29, 1.82) is 5.26 Å². The summed E-state index contributed by atoms with van der Waals surface area (Å²) >= 11 is 0. The van der Waals surface area contributed by atoms with Crippen LogP contribution in [0.1, 0.15) is 74.5 Å². The lowest BCUT2D eigenvalue weighted by Gasteiger charge is -2.36. The quantitative estimate of drug-likeness (QED) is 0.146. The highest BCUT2D eigenvalue weighted by Crippen LogP contribution is 2.40. The predicted octanol–water partition coefficient (Wildman–Crippen LogP) is 7.41. The van der Waals surface area contributed by atoms with Crippen molar-refractivity contribution in [2.24, 2.45) is 0 Å². The van der Waals surface area contributed by atoms with Crippen LogP contribution in [-0.4, -0.2) is 31.0 Å². The second-order valence-corrected chi connectivity index (χ2v) is 9.56. The first-order valence-electron chi connectivity index (χ1n) is 13.7. The largest absolute Gasteiger partial charge is 0.388 e. The molecule has 0 bridgehead atoms. The smallest absolute Gasteiger partial charge is 0.143 e. The van der Waals surface area contributed by atoms with Crippen LogP contribution in [0, 0.1) is 11.3 Å². The zero-order chi connectivity index (χ0) is 26.0. The molecular formula is C33H41NO3. The van der Waals surface area contributed by atoms with Gasteiger partial charge in [0.25, 0.3) is 0 Å². The minimum Gasteiger partial charge on any atom is -0.388 e. The lowest BCUT2D eigenvalue weighted by atomic mass is 9.80. The molecule has 3 rings (SSSR count). The Labute approximate surface area is 222 Å². The molecule has 0 aliphatic rings. The van der Waals surface area contributed by atoms with Gasteiger partial charge < -0.3 is 14.6 Å². The van der Waals surface area contributed by atoms with Gasteiger partial charge in [-0.15, -0.1) is 0 Å². The summed E-state index contributed by atoms with van der Waals surface area (Å²) in [7, 11) is 0. The van der Waals surface area contributed by atoms with Gasteiger partial charge in [-0.1, -0.05) is 130 Å². The van der Waals surface area contributed by atoms with Crippen molar-refractivity contribution >= 4 is 0 Å². The number of nitrogens with zero attached hydrogens (tertiary/aromatic N) is 1. The number of nitriles is 1. The summed E-state index contributed by atoms with van der Waals surface area (Å²) in [5, 5.41) is 19.3. The molecule has 1 N–H and O–H groups in total. The van der Waals surface area contributed by atoms with Crippen molar-refractivity contribution in [1.82, 2.24) is 0 Å². The number of unbranched alkanes of at least 4 members (excludes halogenated alkanes) is 8. The number of aliphatic hydroxyl groups excluding tert-OH is 1. The Bertz CT molecular complexity index is 921. The molecule has 37 heavy (non-hydrogen) atoms.